The summed E-state index contributed by atoms with van der Waals surface area (Å²) in [5.74, 6) is -0.0770. The van der Waals surface area contributed by atoms with Crippen molar-refractivity contribution in [1.29, 1.82) is 0 Å². The summed E-state index contributed by atoms with van der Waals surface area (Å²) in [5.41, 5.74) is 1.99. The molecule has 1 atom stereocenters. The van der Waals surface area contributed by atoms with Gasteiger partial charge < -0.3 is 15.0 Å². The number of carbonyl (C=O) groups excluding carboxylic acids is 2. The third-order valence-electron chi connectivity index (χ3n) is 6.87. The quantitative estimate of drug-likeness (QED) is 0.267. The van der Waals surface area contributed by atoms with Crippen LogP contribution in [0.5, 0.6) is 0 Å². The molecule has 43 heavy (non-hydrogen) atoms. The molecule has 2 amide bonds. The highest BCUT2D eigenvalue weighted by Gasteiger charge is 2.34. The van der Waals surface area contributed by atoms with E-state index in [2.05, 4.69) is 10.4 Å². The maximum Gasteiger partial charge on any atom is 0.407 e. The maximum atomic E-state index is 14.2. The zero-order valence-corrected chi connectivity index (χ0v) is 26.5. The Labute approximate surface area is 256 Å². The molecule has 11 heteroatoms. The van der Waals surface area contributed by atoms with Gasteiger partial charge in [-0.05, 0) is 58.2 Å². The second-order valence-electron chi connectivity index (χ2n) is 11.9. The molecule has 0 bridgehead atoms. The van der Waals surface area contributed by atoms with Crippen LogP contribution in [0.15, 0.2) is 59.4 Å². The molecule has 4 aromatic rings. The molecule has 0 aliphatic heterocycles. The molecule has 0 unspecified atom stereocenters. The van der Waals surface area contributed by atoms with E-state index in [0.717, 1.165) is 11.1 Å². The van der Waals surface area contributed by atoms with Gasteiger partial charge in [0.25, 0.3) is 5.91 Å². The van der Waals surface area contributed by atoms with Crippen molar-refractivity contribution in [2.75, 3.05) is 13.1 Å². The van der Waals surface area contributed by atoms with E-state index in [0.29, 0.717) is 17.1 Å². The number of aryl methyl sites for hydroxylation is 2. The Morgan fingerprint density at radius 3 is 2.30 bits per heavy atom. The van der Waals surface area contributed by atoms with Crippen LogP contribution < -0.4 is 11.0 Å². The van der Waals surface area contributed by atoms with Gasteiger partial charge in [0.2, 0.25) is 0 Å². The number of fused-ring (bicyclic) bond motifs is 1. The van der Waals surface area contributed by atoms with E-state index in [1.165, 1.54) is 4.52 Å². The number of hydrogen-bond donors (Lipinski definition) is 1. The molecule has 0 saturated heterocycles. The second-order valence-corrected chi connectivity index (χ2v) is 12.3. The Morgan fingerprint density at radius 2 is 1.70 bits per heavy atom. The van der Waals surface area contributed by atoms with Crippen LogP contribution in [0.2, 0.25) is 5.02 Å². The number of benzene rings is 2. The Hall–Kier alpha value is -4.18. The van der Waals surface area contributed by atoms with E-state index in [9.17, 15) is 14.4 Å². The molecule has 1 N–H and O–H groups in total. The summed E-state index contributed by atoms with van der Waals surface area (Å²) in [4.78, 5) is 47.2. The van der Waals surface area contributed by atoms with Crippen LogP contribution in [-0.2, 0) is 11.3 Å². The largest absolute Gasteiger partial charge is 0.444 e. The van der Waals surface area contributed by atoms with Crippen LogP contribution in [-0.4, -0.2) is 54.8 Å². The molecule has 2 aromatic carbocycles. The predicted molar refractivity (Wildman–Crippen MR) is 167 cm³/mol. The lowest BCUT2D eigenvalue weighted by Gasteiger charge is -2.35. The van der Waals surface area contributed by atoms with Crippen molar-refractivity contribution in [3.05, 3.63) is 98.3 Å². The van der Waals surface area contributed by atoms with E-state index in [1.807, 2.05) is 63.2 Å². The van der Waals surface area contributed by atoms with E-state index in [-0.39, 0.29) is 42.1 Å². The Kier molecular flexibility index (Phi) is 9.59. The first kappa shape index (κ1) is 31.7. The standard InChI is InChI=1S/C32H39ClN6O4/c1-20(2)26(37(18-17-34-30(41)43-32(5,6)7)29(40)24-15-13-21(3)14-16-24)28-35-27-25(33)22(4)36-39(27)31(42)38(28)19-23-11-9-8-10-12-23/h8-16,20,26H,17-19H2,1-7H3,(H,34,41)/t26-/m1/s1. The predicted octanol–water partition coefficient (Wildman–Crippen LogP) is 5.57. The number of amides is 2. The zero-order chi connectivity index (χ0) is 31.5. The summed E-state index contributed by atoms with van der Waals surface area (Å²) in [6, 6.07) is 16.2. The smallest absolute Gasteiger partial charge is 0.407 e. The van der Waals surface area contributed by atoms with Crippen molar-refractivity contribution >= 4 is 29.2 Å². The molecule has 0 saturated carbocycles. The minimum atomic E-state index is -0.669. The lowest BCUT2D eigenvalue weighted by atomic mass is 9.99. The van der Waals surface area contributed by atoms with Gasteiger partial charge >= 0.3 is 11.8 Å². The minimum Gasteiger partial charge on any atom is -0.444 e. The first-order valence-electron chi connectivity index (χ1n) is 14.3. The van der Waals surface area contributed by atoms with Gasteiger partial charge in [-0.3, -0.25) is 9.36 Å². The van der Waals surface area contributed by atoms with Crippen LogP contribution in [0.1, 0.15) is 73.7 Å². The van der Waals surface area contributed by atoms with Gasteiger partial charge in [-0.25, -0.2) is 14.6 Å². The normalized spacial score (nSPS) is 12.4. The summed E-state index contributed by atoms with van der Waals surface area (Å²) >= 11 is 6.57. The molecular weight excluding hydrogens is 568 g/mol. The third kappa shape index (κ3) is 7.43. The average molecular weight is 607 g/mol. The molecule has 0 fully saturated rings. The molecule has 0 aliphatic rings. The number of halogens is 1. The molecule has 0 radical (unpaired) electrons. The van der Waals surface area contributed by atoms with Crippen LogP contribution in [0, 0.1) is 19.8 Å². The van der Waals surface area contributed by atoms with Gasteiger partial charge in [0.05, 0.1) is 18.3 Å². The minimum absolute atomic E-state index is 0.118. The third-order valence-corrected chi connectivity index (χ3v) is 7.31. The zero-order valence-electron chi connectivity index (χ0n) is 25.7. The van der Waals surface area contributed by atoms with Gasteiger partial charge in [-0.2, -0.15) is 9.61 Å². The number of carbonyl (C=O) groups is 2. The van der Waals surface area contributed by atoms with Crippen LogP contribution in [0.3, 0.4) is 0 Å². The fourth-order valence-corrected chi connectivity index (χ4v) is 5.03. The number of nitrogens with zero attached hydrogens (tertiary/aromatic N) is 5. The molecule has 228 valence electrons. The van der Waals surface area contributed by atoms with Gasteiger partial charge in [0, 0.05) is 18.7 Å². The highest BCUT2D eigenvalue weighted by molar-refractivity contribution is 6.34. The van der Waals surface area contributed by atoms with E-state index in [4.69, 9.17) is 21.3 Å². The number of aromatic nitrogens is 4. The molecule has 0 spiro atoms. The Morgan fingerprint density at radius 1 is 1.05 bits per heavy atom. The van der Waals surface area contributed by atoms with E-state index < -0.39 is 23.4 Å². The topological polar surface area (TPSA) is 111 Å². The van der Waals surface area contributed by atoms with Crippen molar-refractivity contribution < 1.29 is 14.3 Å². The van der Waals surface area contributed by atoms with Gasteiger partial charge in [0.15, 0.2) is 5.65 Å². The van der Waals surface area contributed by atoms with Gasteiger partial charge in [0.1, 0.15) is 16.4 Å². The van der Waals surface area contributed by atoms with Gasteiger partial charge in [-0.1, -0.05) is 73.5 Å². The number of hydrogen-bond acceptors (Lipinski definition) is 6. The highest BCUT2D eigenvalue weighted by atomic mass is 35.5. The maximum absolute atomic E-state index is 14.2. The monoisotopic (exact) mass is 606 g/mol. The Balaban J connectivity index is 1.85. The highest BCUT2D eigenvalue weighted by Crippen LogP contribution is 2.30. The van der Waals surface area contributed by atoms with Crippen molar-refractivity contribution in [1.82, 2.24) is 29.4 Å². The first-order valence-corrected chi connectivity index (χ1v) is 14.7. The molecule has 10 nitrogen and oxygen atoms in total. The number of nitrogens with one attached hydrogen (secondary N) is 1. The fraction of sp³-hybridized carbons (Fsp3) is 0.406. The summed E-state index contributed by atoms with van der Waals surface area (Å²) in [7, 11) is 0. The van der Waals surface area contributed by atoms with Crippen molar-refractivity contribution in [2.45, 2.75) is 66.7 Å². The first-order chi connectivity index (χ1) is 20.3. The molecule has 0 aliphatic carbocycles. The van der Waals surface area contributed by atoms with Crippen molar-refractivity contribution in [2.24, 2.45) is 5.92 Å². The number of rotatable bonds is 9. The molecule has 2 heterocycles. The summed E-state index contributed by atoms with van der Waals surface area (Å²) in [5, 5.41) is 7.37. The van der Waals surface area contributed by atoms with Crippen molar-refractivity contribution in [3.8, 4) is 0 Å². The van der Waals surface area contributed by atoms with Crippen LogP contribution >= 0.6 is 11.6 Å². The molecule has 4 rings (SSSR count). The summed E-state index contributed by atoms with van der Waals surface area (Å²) in [6.45, 7) is 13.4. The lowest BCUT2D eigenvalue weighted by molar-refractivity contribution is 0.0486. The fourth-order valence-electron chi connectivity index (χ4n) is 4.87. The summed E-state index contributed by atoms with van der Waals surface area (Å²) < 4.78 is 8.15. The van der Waals surface area contributed by atoms with Gasteiger partial charge in [-0.15, -0.1) is 0 Å². The van der Waals surface area contributed by atoms with E-state index in [1.54, 1.807) is 49.3 Å². The Bertz CT molecular complexity index is 1660. The van der Waals surface area contributed by atoms with Crippen molar-refractivity contribution in [3.63, 3.8) is 0 Å². The SMILES string of the molecule is Cc1ccc(C(=O)N(CCNC(=O)OC(C)(C)C)[C@@H](c2nc3c(Cl)c(C)nn3c(=O)n2Cc2ccccc2)C(C)C)cc1. The van der Waals surface area contributed by atoms with Crippen LogP contribution in [0.25, 0.3) is 5.65 Å². The van der Waals surface area contributed by atoms with Crippen LogP contribution in [0.4, 0.5) is 4.79 Å². The summed E-state index contributed by atoms with van der Waals surface area (Å²) in [6.07, 6.45) is -0.585. The molecule has 2 aromatic heterocycles. The van der Waals surface area contributed by atoms with E-state index >= 15 is 0 Å². The average Bonchev–Trinajstić information content (AvgIpc) is 3.22. The molecular formula is C32H39ClN6O4. The lowest BCUT2D eigenvalue weighted by Crippen LogP contribution is -2.46. The number of ether oxygens (including phenoxy) is 1. The second kappa shape index (κ2) is 13.0. The number of alkyl carbamates (subject to hydrolysis) is 1.